The van der Waals surface area contributed by atoms with E-state index < -0.39 is 0 Å². The topological polar surface area (TPSA) is 51.8 Å². The number of aryl methyl sites for hydroxylation is 1. The van der Waals surface area contributed by atoms with Gasteiger partial charge < -0.3 is 5.73 Å². The highest BCUT2D eigenvalue weighted by Gasteiger charge is 2.15. The van der Waals surface area contributed by atoms with Crippen molar-refractivity contribution in [2.45, 2.75) is 38.6 Å². The normalized spacial score (nSPS) is 18.4. The highest BCUT2D eigenvalue weighted by molar-refractivity contribution is 5.19. The number of allylic oxidation sites excluding steroid dienone is 1. The van der Waals surface area contributed by atoms with E-state index >= 15 is 0 Å². The van der Waals surface area contributed by atoms with Crippen LogP contribution in [-0.2, 0) is 0 Å². The SMILES string of the molecule is Cc1cnc(C(N)C2=CCCCC2)nc1. The number of nitrogens with two attached hydrogens (primary N) is 1. The van der Waals surface area contributed by atoms with Gasteiger partial charge in [-0.25, -0.2) is 9.97 Å². The molecule has 0 aliphatic heterocycles. The molecule has 1 unspecified atom stereocenters. The molecule has 1 heterocycles. The van der Waals surface area contributed by atoms with Crippen molar-refractivity contribution < 1.29 is 0 Å². The second kappa shape index (κ2) is 4.53. The molecular weight excluding hydrogens is 186 g/mol. The number of rotatable bonds is 2. The molecule has 1 aromatic heterocycles. The van der Waals surface area contributed by atoms with Crippen molar-refractivity contribution in [1.82, 2.24) is 9.97 Å². The van der Waals surface area contributed by atoms with Crippen molar-refractivity contribution >= 4 is 0 Å². The second-order valence-corrected chi connectivity index (χ2v) is 4.12. The van der Waals surface area contributed by atoms with Gasteiger partial charge in [0.1, 0.15) is 5.82 Å². The molecule has 0 aromatic carbocycles. The van der Waals surface area contributed by atoms with E-state index in [1.54, 1.807) is 0 Å². The Morgan fingerprint density at radius 2 is 2.00 bits per heavy atom. The van der Waals surface area contributed by atoms with E-state index in [9.17, 15) is 0 Å². The molecule has 2 rings (SSSR count). The van der Waals surface area contributed by atoms with Crippen LogP contribution >= 0.6 is 0 Å². The summed E-state index contributed by atoms with van der Waals surface area (Å²) in [6.07, 6.45) is 10.7. The summed E-state index contributed by atoms with van der Waals surface area (Å²) < 4.78 is 0. The third-order valence-corrected chi connectivity index (χ3v) is 2.80. The maximum Gasteiger partial charge on any atom is 0.149 e. The standard InChI is InChI=1S/C12H17N3/c1-9-7-14-12(15-8-9)11(13)10-5-3-2-4-6-10/h5,7-8,11H,2-4,6,13H2,1H3. The summed E-state index contributed by atoms with van der Waals surface area (Å²) in [5, 5.41) is 0. The van der Waals surface area contributed by atoms with Gasteiger partial charge in [-0.2, -0.15) is 0 Å². The van der Waals surface area contributed by atoms with Crippen LogP contribution in [0.5, 0.6) is 0 Å². The van der Waals surface area contributed by atoms with Gasteiger partial charge in [0.15, 0.2) is 0 Å². The maximum absolute atomic E-state index is 6.13. The Labute approximate surface area is 90.4 Å². The number of hydrogen-bond acceptors (Lipinski definition) is 3. The Balaban J connectivity index is 2.16. The van der Waals surface area contributed by atoms with Gasteiger partial charge in [0, 0.05) is 12.4 Å². The van der Waals surface area contributed by atoms with Crippen LogP contribution in [0.15, 0.2) is 24.0 Å². The lowest BCUT2D eigenvalue weighted by Crippen LogP contribution is -2.17. The Kier molecular flexibility index (Phi) is 3.11. The van der Waals surface area contributed by atoms with Gasteiger partial charge in [0.25, 0.3) is 0 Å². The number of nitrogens with zero attached hydrogens (tertiary/aromatic N) is 2. The third kappa shape index (κ3) is 2.42. The van der Waals surface area contributed by atoms with Gasteiger partial charge in [0.05, 0.1) is 6.04 Å². The van der Waals surface area contributed by atoms with Crippen molar-refractivity contribution in [3.05, 3.63) is 35.4 Å². The zero-order valence-electron chi connectivity index (χ0n) is 9.11. The fourth-order valence-electron chi connectivity index (χ4n) is 1.87. The summed E-state index contributed by atoms with van der Waals surface area (Å²) in [4.78, 5) is 8.55. The average Bonchev–Trinajstić information content (AvgIpc) is 2.30. The van der Waals surface area contributed by atoms with Crippen LogP contribution in [0.4, 0.5) is 0 Å². The van der Waals surface area contributed by atoms with Crippen LogP contribution in [0.2, 0.25) is 0 Å². The van der Waals surface area contributed by atoms with Crippen molar-refractivity contribution in [2.75, 3.05) is 0 Å². The lowest BCUT2D eigenvalue weighted by Gasteiger charge is -2.18. The lowest BCUT2D eigenvalue weighted by atomic mass is 9.94. The molecule has 3 heteroatoms. The van der Waals surface area contributed by atoms with Gasteiger partial charge in [-0.1, -0.05) is 6.08 Å². The van der Waals surface area contributed by atoms with E-state index in [4.69, 9.17) is 5.73 Å². The molecule has 1 aromatic rings. The van der Waals surface area contributed by atoms with Crippen LogP contribution in [0.3, 0.4) is 0 Å². The number of aromatic nitrogens is 2. The minimum absolute atomic E-state index is 0.106. The predicted molar refractivity (Wildman–Crippen MR) is 60.2 cm³/mol. The van der Waals surface area contributed by atoms with Gasteiger partial charge in [-0.05, 0) is 43.7 Å². The van der Waals surface area contributed by atoms with E-state index in [2.05, 4.69) is 16.0 Å². The second-order valence-electron chi connectivity index (χ2n) is 4.12. The van der Waals surface area contributed by atoms with Crippen LogP contribution in [0.25, 0.3) is 0 Å². The molecule has 0 bridgehead atoms. The third-order valence-electron chi connectivity index (χ3n) is 2.80. The van der Waals surface area contributed by atoms with E-state index in [1.165, 1.54) is 18.4 Å². The van der Waals surface area contributed by atoms with Gasteiger partial charge >= 0.3 is 0 Å². The molecule has 1 aliphatic rings. The first-order valence-electron chi connectivity index (χ1n) is 5.50. The maximum atomic E-state index is 6.13. The molecule has 3 nitrogen and oxygen atoms in total. The van der Waals surface area contributed by atoms with E-state index in [0.29, 0.717) is 0 Å². The van der Waals surface area contributed by atoms with Crippen LogP contribution in [0.1, 0.15) is 43.1 Å². The predicted octanol–water partition coefficient (Wildman–Crippen LogP) is 2.29. The Hall–Kier alpha value is -1.22. The largest absolute Gasteiger partial charge is 0.318 e. The summed E-state index contributed by atoms with van der Waals surface area (Å²) in [5.41, 5.74) is 8.50. The molecule has 0 amide bonds. The van der Waals surface area contributed by atoms with E-state index in [-0.39, 0.29) is 6.04 Å². The summed E-state index contributed by atoms with van der Waals surface area (Å²) in [5.74, 6) is 0.744. The summed E-state index contributed by atoms with van der Waals surface area (Å²) in [6, 6.07) is -0.106. The molecular formula is C12H17N3. The first kappa shape index (κ1) is 10.3. The highest BCUT2D eigenvalue weighted by atomic mass is 14.9. The smallest absolute Gasteiger partial charge is 0.149 e. The van der Waals surface area contributed by atoms with E-state index in [1.807, 2.05) is 19.3 Å². The van der Waals surface area contributed by atoms with Crippen LogP contribution in [-0.4, -0.2) is 9.97 Å². The summed E-state index contributed by atoms with van der Waals surface area (Å²) in [7, 11) is 0. The molecule has 0 saturated carbocycles. The van der Waals surface area contributed by atoms with Crippen LogP contribution in [0, 0.1) is 6.92 Å². The zero-order chi connectivity index (χ0) is 10.7. The summed E-state index contributed by atoms with van der Waals surface area (Å²) in [6.45, 7) is 1.98. The minimum atomic E-state index is -0.106. The molecule has 2 N–H and O–H groups in total. The number of hydrogen-bond donors (Lipinski definition) is 1. The zero-order valence-corrected chi connectivity index (χ0v) is 9.11. The molecule has 1 atom stereocenters. The molecule has 1 aliphatic carbocycles. The molecule has 0 radical (unpaired) electrons. The van der Waals surface area contributed by atoms with Crippen molar-refractivity contribution in [1.29, 1.82) is 0 Å². The average molecular weight is 203 g/mol. The van der Waals surface area contributed by atoms with E-state index in [0.717, 1.165) is 24.2 Å². The van der Waals surface area contributed by atoms with Crippen LogP contribution < -0.4 is 5.73 Å². The Morgan fingerprint density at radius 1 is 1.27 bits per heavy atom. The Bertz CT molecular complexity index is 354. The van der Waals surface area contributed by atoms with Gasteiger partial charge in [-0.3, -0.25) is 0 Å². The Morgan fingerprint density at radius 3 is 2.60 bits per heavy atom. The van der Waals surface area contributed by atoms with Crippen molar-refractivity contribution in [2.24, 2.45) is 5.73 Å². The van der Waals surface area contributed by atoms with Gasteiger partial charge in [0.2, 0.25) is 0 Å². The van der Waals surface area contributed by atoms with Crippen molar-refractivity contribution in [3.63, 3.8) is 0 Å². The molecule has 0 saturated heterocycles. The first-order valence-corrected chi connectivity index (χ1v) is 5.50. The minimum Gasteiger partial charge on any atom is -0.318 e. The fraction of sp³-hybridized carbons (Fsp3) is 0.500. The van der Waals surface area contributed by atoms with Gasteiger partial charge in [-0.15, -0.1) is 0 Å². The summed E-state index contributed by atoms with van der Waals surface area (Å²) >= 11 is 0. The van der Waals surface area contributed by atoms with Crippen molar-refractivity contribution in [3.8, 4) is 0 Å². The molecule has 0 spiro atoms. The molecule has 80 valence electrons. The molecule has 15 heavy (non-hydrogen) atoms. The highest BCUT2D eigenvalue weighted by Crippen LogP contribution is 2.25. The lowest BCUT2D eigenvalue weighted by molar-refractivity contribution is 0.630. The monoisotopic (exact) mass is 203 g/mol. The first-order chi connectivity index (χ1) is 7.27. The quantitative estimate of drug-likeness (QED) is 0.750. The molecule has 0 fully saturated rings. The fourth-order valence-corrected chi connectivity index (χ4v) is 1.87.